The highest BCUT2D eigenvalue weighted by Gasteiger charge is 2.26. The molecule has 0 amide bonds. The van der Waals surface area contributed by atoms with Crippen molar-refractivity contribution in [3.63, 3.8) is 0 Å². The monoisotopic (exact) mass is 524 g/mol. The van der Waals surface area contributed by atoms with Gasteiger partial charge in [-0.1, -0.05) is 17.7 Å². The van der Waals surface area contributed by atoms with Crippen LogP contribution in [0.4, 0.5) is 0 Å². The van der Waals surface area contributed by atoms with Crippen molar-refractivity contribution < 1.29 is 13.9 Å². The van der Waals surface area contributed by atoms with Crippen molar-refractivity contribution in [1.82, 2.24) is 15.6 Å². The molecule has 0 aliphatic carbocycles. The fraction of sp³-hybridized carbons (Fsp3) is 0.364. The lowest BCUT2D eigenvalue weighted by Crippen LogP contribution is -2.39. The van der Waals surface area contributed by atoms with Gasteiger partial charge in [0.05, 0.1) is 18.5 Å². The van der Waals surface area contributed by atoms with Gasteiger partial charge in [0.2, 0.25) is 5.89 Å². The van der Waals surface area contributed by atoms with Crippen molar-refractivity contribution in [2.45, 2.75) is 32.8 Å². The van der Waals surface area contributed by atoms with Gasteiger partial charge in [0.1, 0.15) is 17.6 Å². The van der Waals surface area contributed by atoms with E-state index in [9.17, 15) is 5.11 Å². The number of halogens is 1. The summed E-state index contributed by atoms with van der Waals surface area (Å²) in [5.41, 5.74) is 1.86. The molecule has 0 saturated carbocycles. The molecule has 0 saturated heterocycles. The fourth-order valence-electron chi connectivity index (χ4n) is 2.80. The lowest BCUT2D eigenvalue weighted by molar-refractivity contribution is 0.0437. The van der Waals surface area contributed by atoms with Gasteiger partial charge in [-0.15, -0.1) is 24.0 Å². The third-order valence-electron chi connectivity index (χ3n) is 4.47. The number of nitrogens with zero attached hydrogens (tertiary/aromatic N) is 2. The molecule has 3 aromatic rings. The summed E-state index contributed by atoms with van der Waals surface area (Å²) < 4.78 is 10.9. The van der Waals surface area contributed by atoms with Crippen LogP contribution in [0.25, 0.3) is 11.5 Å². The van der Waals surface area contributed by atoms with Gasteiger partial charge in [-0.05, 0) is 45.0 Å². The molecule has 7 nitrogen and oxygen atoms in total. The van der Waals surface area contributed by atoms with Gasteiger partial charge in [-0.3, -0.25) is 0 Å². The molecular weight excluding hydrogens is 495 g/mol. The largest absolute Gasteiger partial charge is 0.466 e. The molecule has 2 aromatic heterocycles. The third-order valence-corrected chi connectivity index (χ3v) is 4.47. The number of furan rings is 1. The molecule has 0 fully saturated rings. The molecule has 0 aliphatic rings. The molecule has 1 atom stereocenters. The maximum atomic E-state index is 10.5. The summed E-state index contributed by atoms with van der Waals surface area (Å²) in [6, 6.07) is 11.6. The number of aryl methyl sites for hydroxylation is 1. The Morgan fingerprint density at radius 1 is 1.17 bits per heavy atom. The summed E-state index contributed by atoms with van der Waals surface area (Å²) in [6.07, 6.45) is 3.91. The molecular formula is C22H29IN4O3. The Morgan fingerprint density at radius 3 is 2.60 bits per heavy atom. The Morgan fingerprint density at radius 2 is 1.93 bits per heavy atom. The summed E-state index contributed by atoms with van der Waals surface area (Å²) in [7, 11) is 0. The van der Waals surface area contributed by atoms with Crippen molar-refractivity contribution in [1.29, 1.82) is 0 Å². The van der Waals surface area contributed by atoms with Gasteiger partial charge in [0, 0.05) is 25.1 Å². The van der Waals surface area contributed by atoms with E-state index in [1.165, 1.54) is 5.56 Å². The average molecular weight is 524 g/mol. The molecule has 2 heterocycles. The van der Waals surface area contributed by atoms with Gasteiger partial charge in [-0.2, -0.15) is 0 Å². The zero-order valence-corrected chi connectivity index (χ0v) is 19.8. The average Bonchev–Trinajstić information content (AvgIpc) is 3.39. The molecule has 1 unspecified atom stereocenters. The number of rotatable bonds is 8. The SMILES string of the molecule is CCNC(=NCC(C)(O)c1ccco1)NCCc1coc(-c2ccc(C)cc2)n1.I. The van der Waals surface area contributed by atoms with E-state index >= 15 is 0 Å². The van der Waals surface area contributed by atoms with E-state index in [2.05, 4.69) is 20.6 Å². The molecule has 30 heavy (non-hydrogen) atoms. The van der Waals surface area contributed by atoms with Crippen LogP contribution in [0.5, 0.6) is 0 Å². The predicted molar refractivity (Wildman–Crippen MR) is 128 cm³/mol. The molecule has 3 N–H and O–H groups in total. The van der Waals surface area contributed by atoms with Crippen LogP contribution >= 0.6 is 24.0 Å². The summed E-state index contributed by atoms with van der Waals surface area (Å²) in [5.74, 6) is 1.74. The zero-order chi connectivity index (χ0) is 20.7. The summed E-state index contributed by atoms with van der Waals surface area (Å²) in [5, 5.41) is 17.0. The number of oxazole rings is 1. The molecule has 3 rings (SSSR count). The van der Waals surface area contributed by atoms with Crippen molar-refractivity contribution in [3.05, 3.63) is 65.9 Å². The van der Waals surface area contributed by atoms with Gasteiger partial charge in [0.25, 0.3) is 0 Å². The van der Waals surface area contributed by atoms with Crippen LogP contribution in [0.15, 0.2) is 62.8 Å². The third kappa shape index (κ3) is 6.60. The topological polar surface area (TPSA) is 95.8 Å². The second kappa shape index (κ2) is 11.2. The van der Waals surface area contributed by atoms with Gasteiger partial charge in [0.15, 0.2) is 5.96 Å². The number of benzene rings is 1. The van der Waals surface area contributed by atoms with Crippen LogP contribution in [0.2, 0.25) is 0 Å². The minimum Gasteiger partial charge on any atom is -0.466 e. The van der Waals surface area contributed by atoms with Crippen molar-refractivity contribution >= 4 is 29.9 Å². The van der Waals surface area contributed by atoms with Crippen LogP contribution in [0, 0.1) is 6.92 Å². The number of nitrogens with one attached hydrogen (secondary N) is 2. The highest BCUT2D eigenvalue weighted by molar-refractivity contribution is 14.0. The van der Waals surface area contributed by atoms with Crippen LogP contribution < -0.4 is 10.6 Å². The molecule has 0 bridgehead atoms. The van der Waals surface area contributed by atoms with E-state index < -0.39 is 5.60 Å². The Hall–Kier alpha value is -2.33. The van der Waals surface area contributed by atoms with Crippen molar-refractivity contribution in [3.8, 4) is 11.5 Å². The predicted octanol–water partition coefficient (Wildman–Crippen LogP) is 3.87. The number of hydrogen-bond donors (Lipinski definition) is 3. The second-order valence-electron chi connectivity index (χ2n) is 7.13. The molecule has 0 radical (unpaired) electrons. The molecule has 0 aliphatic heterocycles. The fourth-order valence-corrected chi connectivity index (χ4v) is 2.80. The van der Waals surface area contributed by atoms with Gasteiger partial charge < -0.3 is 24.6 Å². The summed E-state index contributed by atoms with van der Waals surface area (Å²) in [6.45, 7) is 7.25. The van der Waals surface area contributed by atoms with Crippen LogP contribution in [-0.2, 0) is 12.0 Å². The van der Waals surface area contributed by atoms with E-state index in [4.69, 9.17) is 8.83 Å². The summed E-state index contributed by atoms with van der Waals surface area (Å²) in [4.78, 5) is 9.03. The number of aromatic nitrogens is 1. The zero-order valence-electron chi connectivity index (χ0n) is 17.5. The quantitative estimate of drug-likeness (QED) is 0.235. The van der Waals surface area contributed by atoms with E-state index in [0.717, 1.165) is 17.8 Å². The standard InChI is InChI=1S/C22H28N4O3.HI/c1-4-23-21(25-15-22(3,27)19-6-5-13-28-19)24-12-11-18-14-29-20(26-18)17-9-7-16(2)8-10-17;/h5-10,13-14,27H,4,11-12,15H2,1-3H3,(H2,23,24,25);1H. The van der Waals surface area contributed by atoms with Crippen molar-refractivity contribution in [2.24, 2.45) is 4.99 Å². The minimum absolute atomic E-state index is 0. The van der Waals surface area contributed by atoms with E-state index in [0.29, 0.717) is 30.6 Å². The Balaban J connectivity index is 0.00000320. The van der Waals surface area contributed by atoms with Crippen LogP contribution in [0.3, 0.4) is 0 Å². The number of aliphatic imine (C=N–C) groups is 1. The van der Waals surface area contributed by atoms with Gasteiger partial charge >= 0.3 is 0 Å². The molecule has 1 aromatic carbocycles. The molecule has 8 heteroatoms. The Kier molecular flexibility index (Phi) is 8.91. The Bertz CT molecular complexity index is 918. The smallest absolute Gasteiger partial charge is 0.226 e. The molecule has 162 valence electrons. The number of guanidine groups is 1. The normalized spacial score (nSPS) is 13.4. The lowest BCUT2D eigenvalue weighted by Gasteiger charge is -2.19. The molecule has 0 spiro atoms. The first-order valence-electron chi connectivity index (χ1n) is 9.78. The Labute approximate surface area is 194 Å². The first kappa shape index (κ1) is 23.9. The highest BCUT2D eigenvalue weighted by Crippen LogP contribution is 2.21. The van der Waals surface area contributed by atoms with E-state index in [1.807, 2.05) is 38.1 Å². The summed E-state index contributed by atoms with van der Waals surface area (Å²) >= 11 is 0. The van der Waals surface area contributed by atoms with Crippen LogP contribution in [-0.4, -0.2) is 35.7 Å². The first-order chi connectivity index (χ1) is 14.0. The van der Waals surface area contributed by atoms with Gasteiger partial charge in [-0.25, -0.2) is 9.98 Å². The second-order valence-corrected chi connectivity index (χ2v) is 7.13. The highest BCUT2D eigenvalue weighted by atomic mass is 127. The lowest BCUT2D eigenvalue weighted by atomic mass is 10.0. The van der Waals surface area contributed by atoms with E-state index in [1.54, 1.807) is 31.6 Å². The van der Waals surface area contributed by atoms with Crippen LogP contribution in [0.1, 0.15) is 30.9 Å². The van der Waals surface area contributed by atoms with E-state index in [-0.39, 0.29) is 30.5 Å². The maximum absolute atomic E-state index is 10.5. The maximum Gasteiger partial charge on any atom is 0.226 e. The number of hydrogen-bond acceptors (Lipinski definition) is 5. The van der Waals surface area contributed by atoms with Crippen molar-refractivity contribution in [2.75, 3.05) is 19.6 Å². The minimum atomic E-state index is -1.17. The number of aliphatic hydroxyl groups is 1. The first-order valence-corrected chi connectivity index (χ1v) is 9.78.